The first-order valence-corrected chi connectivity index (χ1v) is 7.03. The molecule has 116 valence electrons. The topological polar surface area (TPSA) is 61.4 Å². The van der Waals surface area contributed by atoms with Crippen LogP contribution in [0.3, 0.4) is 0 Å². The summed E-state index contributed by atoms with van der Waals surface area (Å²) in [7, 11) is 1.80. The highest BCUT2D eigenvalue weighted by Crippen LogP contribution is 2.20. The third kappa shape index (κ3) is 4.72. The first-order chi connectivity index (χ1) is 9.72. The van der Waals surface area contributed by atoms with E-state index in [0.29, 0.717) is 25.9 Å². The second-order valence-electron chi connectivity index (χ2n) is 4.94. The average molecular weight is 312 g/mol. The molecule has 1 fully saturated rings. The van der Waals surface area contributed by atoms with Crippen LogP contribution in [0.5, 0.6) is 0 Å². The Morgan fingerprint density at radius 1 is 1.33 bits per heavy atom. The number of benzene rings is 1. The summed E-state index contributed by atoms with van der Waals surface area (Å²) in [4.78, 5) is 25.9. The van der Waals surface area contributed by atoms with Crippen molar-refractivity contribution in [2.45, 2.75) is 25.3 Å². The van der Waals surface area contributed by atoms with Crippen molar-refractivity contribution in [3.05, 3.63) is 30.3 Å². The van der Waals surface area contributed by atoms with Crippen molar-refractivity contribution in [1.82, 2.24) is 10.6 Å². The van der Waals surface area contributed by atoms with Crippen molar-refractivity contribution in [1.29, 1.82) is 0 Å². The zero-order chi connectivity index (χ0) is 14.4. The van der Waals surface area contributed by atoms with Crippen LogP contribution in [-0.4, -0.2) is 38.0 Å². The van der Waals surface area contributed by atoms with E-state index >= 15 is 0 Å². The third-order valence-electron chi connectivity index (χ3n) is 3.44. The molecule has 0 radical (unpaired) electrons. The summed E-state index contributed by atoms with van der Waals surface area (Å²) in [6.45, 7) is 1.33. The zero-order valence-electron chi connectivity index (χ0n) is 12.2. The van der Waals surface area contributed by atoms with Crippen LogP contribution in [0.1, 0.15) is 19.3 Å². The zero-order valence-corrected chi connectivity index (χ0v) is 13.0. The molecule has 0 aromatic heterocycles. The number of hydrogen-bond acceptors (Lipinski definition) is 3. The van der Waals surface area contributed by atoms with Crippen molar-refractivity contribution in [3.8, 4) is 0 Å². The van der Waals surface area contributed by atoms with E-state index in [-0.39, 0.29) is 24.2 Å². The molecule has 1 aliphatic rings. The normalized spacial score (nSPS) is 18.0. The molecule has 1 atom stereocenters. The number of anilines is 1. The second-order valence-corrected chi connectivity index (χ2v) is 4.94. The van der Waals surface area contributed by atoms with Crippen LogP contribution in [-0.2, 0) is 9.59 Å². The molecule has 6 heteroatoms. The van der Waals surface area contributed by atoms with Crippen LogP contribution in [0, 0.1) is 0 Å². The molecule has 1 aromatic rings. The van der Waals surface area contributed by atoms with E-state index in [4.69, 9.17) is 0 Å². The van der Waals surface area contributed by atoms with Gasteiger partial charge >= 0.3 is 0 Å². The van der Waals surface area contributed by atoms with Gasteiger partial charge in [-0.1, -0.05) is 18.2 Å². The Balaban J connectivity index is 0.00000220. The van der Waals surface area contributed by atoms with E-state index in [1.54, 1.807) is 11.9 Å². The number of nitrogens with zero attached hydrogens (tertiary/aromatic N) is 1. The molecule has 2 rings (SSSR count). The Morgan fingerprint density at radius 2 is 2.05 bits per heavy atom. The molecular weight excluding hydrogens is 290 g/mol. The SMILES string of the molecule is CNCCC(=O)NC1CCCN(c2ccccc2)C1=O.Cl. The third-order valence-corrected chi connectivity index (χ3v) is 3.44. The van der Waals surface area contributed by atoms with Gasteiger partial charge in [-0.3, -0.25) is 9.59 Å². The molecule has 0 bridgehead atoms. The van der Waals surface area contributed by atoms with Crippen LogP contribution in [0.25, 0.3) is 0 Å². The molecule has 1 heterocycles. The summed E-state index contributed by atoms with van der Waals surface area (Å²) >= 11 is 0. The fourth-order valence-electron chi connectivity index (χ4n) is 2.38. The summed E-state index contributed by atoms with van der Waals surface area (Å²) in [6, 6.07) is 9.20. The standard InChI is InChI=1S/C15H21N3O2.ClH/c1-16-10-9-14(19)17-13-8-5-11-18(15(13)20)12-6-3-2-4-7-12;/h2-4,6-7,13,16H,5,8-11H2,1H3,(H,17,19);1H. The first-order valence-electron chi connectivity index (χ1n) is 7.03. The lowest BCUT2D eigenvalue weighted by atomic mass is 10.0. The molecule has 1 aliphatic heterocycles. The Hall–Kier alpha value is -1.59. The highest BCUT2D eigenvalue weighted by molar-refractivity contribution is 5.99. The van der Waals surface area contributed by atoms with Gasteiger partial charge in [0.25, 0.3) is 0 Å². The van der Waals surface area contributed by atoms with Crippen LogP contribution in [0.15, 0.2) is 30.3 Å². The Kier molecular flexibility index (Phi) is 7.19. The minimum Gasteiger partial charge on any atom is -0.344 e. The van der Waals surface area contributed by atoms with Crippen LogP contribution >= 0.6 is 12.4 Å². The second kappa shape index (κ2) is 8.64. The minimum atomic E-state index is -0.395. The first kappa shape index (κ1) is 17.5. The van der Waals surface area contributed by atoms with Crippen LogP contribution in [0.2, 0.25) is 0 Å². The molecule has 2 N–H and O–H groups in total. The maximum Gasteiger partial charge on any atom is 0.249 e. The van der Waals surface area contributed by atoms with Gasteiger partial charge in [-0.15, -0.1) is 12.4 Å². The van der Waals surface area contributed by atoms with Gasteiger partial charge in [-0.25, -0.2) is 0 Å². The van der Waals surface area contributed by atoms with Gasteiger partial charge in [0.1, 0.15) is 6.04 Å². The lowest BCUT2D eigenvalue weighted by Crippen LogP contribution is -2.52. The van der Waals surface area contributed by atoms with Crippen molar-refractivity contribution in [3.63, 3.8) is 0 Å². The van der Waals surface area contributed by atoms with Crippen molar-refractivity contribution in [2.24, 2.45) is 0 Å². The Morgan fingerprint density at radius 3 is 2.71 bits per heavy atom. The number of rotatable bonds is 5. The monoisotopic (exact) mass is 311 g/mol. The van der Waals surface area contributed by atoms with E-state index in [1.165, 1.54) is 0 Å². The summed E-state index contributed by atoms with van der Waals surface area (Å²) in [5.41, 5.74) is 0.895. The van der Waals surface area contributed by atoms with Gasteiger partial charge in [0, 0.05) is 25.2 Å². The number of halogens is 1. The van der Waals surface area contributed by atoms with Gasteiger partial charge < -0.3 is 15.5 Å². The number of carbonyl (C=O) groups is 2. The van der Waals surface area contributed by atoms with E-state index in [2.05, 4.69) is 10.6 Å². The largest absolute Gasteiger partial charge is 0.344 e. The highest BCUT2D eigenvalue weighted by Gasteiger charge is 2.30. The molecule has 1 aromatic carbocycles. The molecule has 0 saturated carbocycles. The summed E-state index contributed by atoms with van der Waals surface area (Å²) in [6.07, 6.45) is 2.01. The lowest BCUT2D eigenvalue weighted by molar-refractivity contribution is -0.128. The van der Waals surface area contributed by atoms with Crippen LogP contribution < -0.4 is 15.5 Å². The fraction of sp³-hybridized carbons (Fsp3) is 0.467. The lowest BCUT2D eigenvalue weighted by Gasteiger charge is -2.32. The molecular formula is C15H22ClN3O2. The summed E-state index contributed by atoms with van der Waals surface area (Å²) in [5, 5.41) is 5.76. The quantitative estimate of drug-likeness (QED) is 0.862. The average Bonchev–Trinajstić information content (AvgIpc) is 2.48. The number of piperidine rings is 1. The molecule has 5 nitrogen and oxygen atoms in total. The number of nitrogens with one attached hydrogen (secondary N) is 2. The maximum absolute atomic E-state index is 12.4. The molecule has 0 aliphatic carbocycles. The molecule has 0 spiro atoms. The van der Waals surface area contributed by atoms with E-state index < -0.39 is 6.04 Å². The summed E-state index contributed by atoms with van der Waals surface area (Å²) in [5.74, 6) is -0.0899. The van der Waals surface area contributed by atoms with Gasteiger partial charge in [0.05, 0.1) is 0 Å². The van der Waals surface area contributed by atoms with E-state index in [9.17, 15) is 9.59 Å². The predicted octanol–water partition coefficient (Wildman–Crippen LogP) is 1.33. The van der Waals surface area contributed by atoms with Crippen LogP contribution in [0.4, 0.5) is 5.69 Å². The Labute approximate surface area is 131 Å². The minimum absolute atomic E-state index is 0. The molecule has 21 heavy (non-hydrogen) atoms. The van der Waals surface area contributed by atoms with E-state index in [1.807, 2.05) is 30.3 Å². The smallest absolute Gasteiger partial charge is 0.249 e. The molecule has 2 amide bonds. The van der Waals surface area contributed by atoms with Gasteiger partial charge in [0.2, 0.25) is 11.8 Å². The number of para-hydroxylation sites is 1. The van der Waals surface area contributed by atoms with Gasteiger partial charge in [-0.05, 0) is 32.0 Å². The van der Waals surface area contributed by atoms with Gasteiger partial charge in [0.15, 0.2) is 0 Å². The summed E-state index contributed by atoms with van der Waals surface area (Å²) < 4.78 is 0. The number of amides is 2. The van der Waals surface area contributed by atoms with Crippen molar-refractivity contribution in [2.75, 3.05) is 25.0 Å². The fourth-order valence-corrected chi connectivity index (χ4v) is 2.38. The predicted molar refractivity (Wildman–Crippen MR) is 85.8 cm³/mol. The van der Waals surface area contributed by atoms with E-state index in [0.717, 1.165) is 12.1 Å². The van der Waals surface area contributed by atoms with Crippen molar-refractivity contribution < 1.29 is 9.59 Å². The molecule has 1 unspecified atom stereocenters. The van der Waals surface area contributed by atoms with Gasteiger partial charge in [-0.2, -0.15) is 0 Å². The van der Waals surface area contributed by atoms with Crippen molar-refractivity contribution >= 4 is 29.9 Å². The Bertz CT molecular complexity index is 467. The number of hydrogen-bond donors (Lipinski definition) is 2. The highest BCUT2D eigenvalue weighted by atomic mass is 35.5. The molecule has 1 saturated heterocycles. The maximum atomic E-state index is 12.4. The number of carbonyl (C=O) groups excluding carboxylic acids is 2.